The lowest BCUT2D eigenvalue weighted by Gasteiger charge is -2.37. The van der Waals surface area contributed by atoms with Gasteiger partial charge in [-0.3, -0.25) is 14.6 Å². The van der Waals surface area contributed by atoms with E-state index in [1.807, 2.05) is 30.3 Å². The molecule has 1 saturated heterocycles. The first kappa shape index (κ1) is 13.5. The van der Waals surface area contributed by atoms with Gasteiger partial charge in [0.05, 0.1) is 12.1 Å². The van der Waals surface area contributed by atoms with Crippen LogP contribution >= 0.6 is 0 Å². The van der Waals surface area contributed by atoms with Gasteiger partial charge in [-0.25, -0.2) is 0 Å². The van der Waals surface area contributed by atoms with Gasteiger partial charge in [0.1, 0.15) is 5.54 Å². The molecule has 1 aliphatic rings. The summed E-state index contributed by atoms with van der Waals surface area (Å²) in [6, 6.07) is 9.75. The molecule has 0 aliphatic carbocycles. The van der Waals surface area contributed by atoms with Crippen LogP contribution in [0.2, 0.25) is 0 Å². The molecule has 1 aliphatic heterocycles. The maximum absolute atomic E-state index is 12.4. The summed E-state index contributed by atoms with van der Waals surface area (Å²) >= 11 is 0. The van der Waals surface area contributed by atoms with E-state index < -0.39 is 5.54 Å². The van der Waals surface area contributed by atoms with Crippen LogP contribution in [0.5, 0.6) is 0 Å². The number of nitrogens with zero attached hydrogens (tertiary/aromatic N) is 2. The molecule has 0 spiro atoms. The first-order chi connectivity index (χ1) is 9.97. The number of carbonyl (C=O) groups is 2. The summed E-state index contributed by atoms with van der Waals surface area (Å²) in [6.45, 7) is 3.93. The van der Waals surface area contributed by atoms with E-state index in [-0.39, 0.29) is 18.4 Å². The maximum atomic E-state index is 12.4. The number of amides is 2. The number of hydrogen-bond acceptors (Lipinski definition) is 3. The Kier molecular flexibility index (Phi) is 3.12. The summed E-state index contributed by atoms with van der Waals surface area (Å²) in [4.78, 5) is 30.2. The molecule has 1 aromatic heterocycles. The number of hydrogen-bond donors (Lipinski definition) is 1. The molecule has 108 valence electrons. The van der Waals surface area contributed by atoms with Gasteiger partial charge in [-0.1, -0.05) is 24.3 Å². The van der Waals surface area contributed by atoms with Crippen molar-refractivity contribution in [1.82, 2.24) is 15.2 Å². The van der Waals surface area contributed by atoms with E-state index in [0.29, 0.717) is 6.54 Å². The van der Waals surface area contributed by atoms with Gasteiger partial charge in [-0.05, 0) is 25.5 Å². The Morgan fingerprint density at radius 3 is 2.81 bits per heavy atom. The summed E-state index contributed by atoms with van der Waals surface area (Å²) < 4.78 is 0. The van der Waals surface area contributed by atoms with E-state index in [0.717, 1.165) is 16.5 Å². The summed E-state index contributed by atoms with van der Waals surface area (Å²) in [7, 11) is 0. The smallest absolute Gasteiger partial charge is 0.248 e. The molecule has 5 heteroatoms. The minimum Gasteiger partial charge on any atom is -0.341 e. The van der Waals surface area contributed by atoms with Crippen LogP contribution < -0.4 is 5.32 Å². The van der Waals surface area contributed by atoms with Gasteiger partial charge in [-0.15, -0.1) is 0 Å². The minimum absolute atomic E-state index is 0.0740. The number of fused-ring (bicyclic) bond motifs is 1. The predicted molar refractivity (Wildman–Crippen MR) is 79.4 cm³/mol. The number of carbonyl (C=O) groups excluding carboxylic acids is 2. The normalized spacial score (nSPS) is 17.9. The Labute approximate surface area is 123 Å². The van der Waals surface area contributed by atoms with Crippen LogP contribution in [0.4, 0.5) is 0 Å². The monoisotopic (exact) mass is 283 g/mol. The molecule has 0 atom stereocenters. The molecule has 0 radical (unpaired) electrons. The maximum Gasteiger partial charge on any atom is 0.248 e. The molecule has 2 aromatic rings. The number of piperazine rings is 1. The largest absolute Gasteiger partial charge is 0.341 e. The standard InChI is InChI=1S/C16H17N3O2/c1-16(2)15(21)19(10-13(20)18-16)9-12-6-3-5-11-7-4-8-17-14(11)12/h3-8H,9-10H2,1-2H3,(H,18,20). The first-order valence-corrected chi connectivity index (χ1v) is 6.90. The van der Waals surface area contributed by atoms with Crippen molar-refractivity contribution in [3.05, 3.63) is 42.1 Å². The quantitative estimate of drug-likeness (QED) is 0.908. The fourth-order valence-corrected chi connectivity index (χ4v) is 2.71. The molecule has 0 unspecified atom stereocenters. The van der Waals surface area contributed by atoms with Gasteiger partial charge in [0.25, 0.3) is 0 Å². The lowest BCUT2D eigenvalue weighted by atomic mass is 9.99. The third-order valence-electron chi connectivity index (χ3n) is 3.69. The molecule has 2 amide bonds. The third kappa shape index (κ3) is 2.46. The highest BCUT2D eigenvalue weighted by atomic mass is 16.2. The highest BCUT2D eigenvalue weighted by Gasteiger charge is 2.39. The molecular formula is C16H17N3O2. The Morgan fingerprint density at radius 1 is 1.24 bits per heavy atom. The van der Waals surface area contributed by atoms with Gasteiger partial charge >= 0.3 is 0 Å². The SMILES string of the molecule is CC1(C)NC(=O)CN(Cc2cccc3cccnc23)C1=O. The van der Waals surface area contributed by atoms with Crippen LogP contribution in [0, 0.1) is 0 Å². The Balaban J connectivity index is 1.95. The van der Waals surface area contributed by atoms with Crippen molar-refractivity contribution in [2.75, 3.05) is 6.54 Å². The second-order valence-electron chi connectivity index (χ2n) is 5.83. The van der Waals surface area contributed by atoms with Crippen molar-refractivity contribution >= 4 is 22.7 Å². The molecule has 21 heavy (non-hydrogen) atoms. The Bertz CT molecular complexity index is 719. The molecule has 1 aromatic carbocycles. The van der Waals surface area contributed by atoms with Crippen LogP contribution in [-0.2, 0) is 16.1 Å². The molecule has 0 bridgehead atoms. The summed E-state index contributed by atoms with van der Waals surface area (Å²) in [6.07, 6.45) is 1.74. The van der Waals surface area contributed by atoms with E-state index >= 15 is 0 Å². The Morgan fingerprint density at radius 2 is 2.00 bits per heavy atom. The van der Waals surface area contributed by atoms with Crippen LogP contribution in [-0.4, -0.2) is 33.8 Å². The molecule has 3 rings (SSSR count). The van der Waals surface area contributed by atoms with Crippen LogP contribution in [0.1, 0.15) is 19.4 Å². The van der Waals surface area contributed by atoms with Crippen molar-refractivity contribution in [1.29, 1.82) is 0 Å². The molecule has 1 fully saturated rings. The van der Waals surface area contributed by atoms with Crippen LogP contribution in [0.25, 0.3) is 10.9 Å². The number of para-hydroxylation sites is 1. The summed E-state index contributed by atoms with van der Waals surface area (Å²) in [5.74, 6) is -0.206. The number of nitrogens with one attached hydrogen (secondary N) is 1. The van der Waals surface area contributed by atoms with E-state index in [1.54, 1.807) is 24.9 Å². The number of aromatic nitrogens is 1. The van der Waals surface area contributed by atoms with Crippen molar-refractivity contribution < 1.29 is 9.59 Å². The van der Waals surface area contributed by atoms with E-state index in [2.05, 4.69) is 10.3 Å². The van der Waals surface area contributed by atoms with Gasteiger partial charge < -0.3 is 10.2 Å². The second-order valence-corrected chi connectivity index (χ2v) is 5.83. The molecule has 2 heterocycles. The minimum atomic E-state index is -0.854. The van der Waals surface area contributed by atoms with Crippen LogP contribution in [0.3, 0.4) is 0 Å². The highest BCUT2D eigenvalue weighted by Crippen LogP contribution is 2.21. The topological polar surface area (TPSA) is 62.3 Å². The lowest BCUT2D eigenvalue weighted by Crippen LogP contribution is -2.63. The molecule has 5 nitrogen and oxygen atoms in total. The second kappa shape index (κ2) is 4.84. The third-order valence-corrected chi connectivity index (χ3v) is 3.69. The zero-order chi connectivity index (χ0) is 15.0. The average Bonchev–Trinajstić information content (AvgIpc) is 2.44. The number of benzene rings is 1. The van der Waals surface area contributed by atoms with Gasteiger partial charge in [-0.2, -0.15) is 0 Å². The summed E-state index contributed by atoms with van der Waals surface area (Å²) in [5.41, 5.74) is 0.969. The zero-order valence-electron chi connectivity index (χ0n) is 12.1. The molecule has 0 saturated carbocycles. The first-order valence-electron chi connectivity index (χ1n) is 6.90. The van der Waals surface area contributed by atoms with Crippen molar-refractivity contribution in [2.45, 2.75) is 25.9 Å². The van der Waals surface area contributed by atoms with Gasteiger partial charge in [0, 0.05) is 18.1 Å². The van der Waals surface area contributed by atoms with Gasteiger partial charge in [0.2, 0.25) is 11.8 Å². The van der Waals surface area contributed by atoms with E-state index in [9.17, 15) is 9.59 Å². The fourth-order valence-electron chi connectivity index (χ4n) is 2.71. The number of rotatable bonds is 2. The number of pyridine rings is 1. The van der Waals surface area contributed by atoms with Crippen molar-refractivity contribution in [2.24, 2.45) is 0 Å². The Hall–Kier alpha value is -2.43. The van der Waals surface area contributed by atoms with Crippen LogP contribution in [0.15, 0.2) is 36.5 Å². The lowest BCUT2D eigenvalue weighted by molar-refractivity contribution is -0.148. The summed E-state index contributed by atoms with van der Waals surface area (Å²) in [5, 5.41) is 3.74. The van der Waals surface area contributed by atoms with Crippen molar-refractivity contribution in [3.8, 4) is 0 Å². The van der Waals surface area contributed by atoms with E-state index in [1.165, 1.54) is 0 Å². The van der Waals surface area contributed by atoms with E-state index in [4.69, 9.17) is 0 Å². The van der Waals surface area contributed by atoms with Gasteiger partial charge in [0.15, 0.2) is 0 Å². The fraction of sp³-hybridized carbons (Fsp3) is 0.312. The highest BCUT2D eigenvalue weighted by molar-refractivity contribution is 5.97. The molecule has 1 N–H and O–H groups in total. The molecular weight excluding hydrogens is 266 g/mol. The van der Waals surface area contributed by atoms with Crippen molar-refractivity contribution in [3.63, 3.8) is 0 Å². The predicted octanol–water partition coefficient (Wildman–Crippen LogP) is 1.47. The zero-order valence-corrected chi connectivity index (χ0v) is 12.1. The average molecular weight is 283 g/mol.